The van der Waals surface area contributed by atoms with E-state index in [4.69, 9.17) is 4.74 Å². The van der Waals surface area contributed by atoms with Crippen LogP contribution >= 0.6 is 0 Å². The van der Waals surface area contributed by atoms with E-state index < -0.39 is 15.7 Å². The highest BCUT2D eigenvalue weighted by Gasteiger charge is 2.31. The molecule has 1 saturated heterocycles. The zero-order valence-corrected chi connectivity index (χ0v) is 15.4. The lowest BCUT2D eigenvalue weighted by Gasteiger charge is -2.24. The SMILES string of the molecule is COc1ccccc1NC(=O)c1cnc(N(C)C2CCS(=O)(=O)C2)cn1. The van der Waals surface area contributed by atoms with Gasteiger partial charge in [-0.3, -0.25) is 4.79 Å². The average Bonchev–Trinajstić information content (AvgIpc) is 3.01. The first-order valence-corrected chi connectivity index (χ1v) is 9.91. The summed E-state index contributed by atoms with van der Waals surface area (Å²) in [6.07, 6.45) is 3.42. The minimum Gasteiger partial charge on any atom is -0.495 e. The topological polar surface area (TPSA) is 101 Å². The van der Waals surface area contributed by atoms with Crippen LogP contribution in [-0.4, -0.2) is 56.0 Å². The highest BCUT2D eigenvalue weighted by Crippen LogP contribution is 2.24. The molecule has 1 N–H and O–H groups in total. The number of sulfone groups is 1. The van der Waals surface area contributed by atoms with Crippen molar-refractivity contribution in [1.29, 1.82) is 0 Å². The molecule has 1 aromatic carbocycles. The lowest BCUT2D eigenvalue weighted by atomic mass is 10.2. The summed E-state index contributed by atoms with van der Waals surface area (Å²) >= 11 is 0. The monoisotopic (exact) mass is 376 g/mol. The number of ether oxygens (including phenoxy) is 1. The summed E-state index contributed by atoms with van der Waals surface area (Å²) in [6.45, 7) is 0. The van der Waals surface area contributed by atoms with Gasteiger partial charge in [0, 0.05) is 13.1 Å². The van der Waals surface area contributed by atoms with E-state index >= 15 is 0 Å². The fourth-order valence-corrected chi connectivity index (χ4v) is 4.60. The van der Waals surface area contributed by atoms with E-state index in [9.17, 15) is 13.2 Å². The van der Waals surface area contributed by atoms with Crippen molar-refractivity contribution < 1.29 is 17.9 Å². The molecule has 1 aliphatic heterocycles. The Morgan fingerprint density at radius 1 is 1.27 bits per heavy atom. The first-order valence-electron chi connectivity index (χ1n) is 8.09. The minimum atomic E-state index is -2.98. The molecular formula is C17H20N4O4S. The second-order valence-corrected chi connectivity index (χ2v) is 8.31. The average molecular weight is 376 g/mol. The van der Waals surface area contributed by atoms with Crippen LogP contribution in [0.2, 0.25) is 0 Å². The predicted octanol–water partition coefficient (Wildman–Crippen LogP) is 1.36. The molecule has 1 unspecified atom stereocenters. The number of methoxy groups -OCH3 is 1. The maximum atomic E-state index is 12.3. The maximum absolute atomic E-state index is 12.3. The summed E-state index contributed by atoms with van der Waals surface area (Å²) in [5, 5.41) is 2.73. The van der Waals surface area contributed by atoms with E-state index in [2.05, 4.69) is 15.3 Å². The number of amides is 1. The van der Waals surface area contributed by atoms with Gasteiger partial charge in [0.2, 0.25) is 0 Å². The summed E-state index contributed by atoms with van der Waals surface area (Å²) in [7, 11) is 0.331. The number of aromatic nitrogens is 2. The van der Waals surface area contributed by atoms with Crippen LogP contribution in [0.4, 0.5) is 11.5 Å². The van der Waals surface area contributed by atoms with E-state index in [-0.39, 0.29) is 23.2 Å². The number of anilines is 2. The van der Waals surface area contributed by atoms with E-state index in [1.807, 2.05) is 6.07 Å². The van der Waals surface area contributed by atoms with Crippen molar-refractivity contribution >= 4 is 27.2 Å². The Morgan fingerprint density at radius 3 is 2.65 bits per heavy atom. The number of para-hydroxylation sites is 2. The summed E-state index contributed by atoms with van der Waals surface area (Å²) in [6, 6.07) is 6.95. The zero-order valence-electron chi connectivity index (χ0n) is 14.5. The molecular weight excluding hydrogens is 356 g/mol. The molecule has 0 aliphatic carbocycles. The van der Waals surface area contributed by atoms with Crippen LogP contribution in [-0.2, 0) is 9.84 Å². The number of rotatable bonds is 5. The molecule has 1 fully saturated rings. The van der Waals surface area contributed by atoms with Crippen LogP contribution < -0.4 is 15.0 Å². The van der Waals surface area contributed by atoms with E-state index in [0.29, 0.717) is 23.7 Å². The largest absolute Gasteiger partial charge is 0.495 e. The molecule has 1 aliphatic rings. The molecule has 8 nitrogen and oxygen atoms in total. The van der Waals surface area contributed by atoms with Gasteiger partial charge in [-0.1, -0.05) is 12.1 Å². The highest BCUT2D eigenvalue weighted by atomic mass is 32.2. The van der Waals surface area contributed by atoms with Crippen LogP contribution in [0, 0.1) is 0 Å². The Balaban J connectivity index is 1.70. The zero-order chi connectivity index (χ0) is 18.7. The number of carbonyl (C=O) groups is 1. The normalized spacial score (nSPS) is 18.3. The predicted molar refractivity (Wildman–Crippen MR) is 98.4 cm³/mol. The number of hydrogen-bond donors (Lipinski definition) is 1. The van der Waals surface area contributed by atoms with Gasteiger partial charge < -0.3 is 15.0 Å². The molecule has 2 aromatic rings. The van der Waals surface area contributed by atoms with E-state index in [1.165, 1.54) is 19.5 Å². The van der Waals surface area contributed by atoms with Gasteiger partial charge in [-0.15, -0.1) is 0 Å². The first kappa shape index (κ1) is 18.1. The van der Waals surface area contributed by atoms with Crippen molar-refractivity contribution in [3.05, 3.63) is 42.4 Å². The molecule has 1 atom stereocenters. The van der Waals surface area contributed by atoms with Crippen molar-refractivity contribution in [3.63, 3.8) is 0 Å². The first-order chi connectivity index (χ1) is 12.4. The second-order valence-electron chi connectivity index (χ2n) is 6.08. The summed E-state index contributed by atoms with van der Waals surface area (Å²) < 4.78 is 28.4. The van der Waals surface area contributed by atoms with Crippen molar-refractivity contribution in [2.24, 2.45) is 0 Å². The van der Waals surface area contributed by atoms with Gasteiger partial charge in [0.15, 0.2) is 9.84 Å². The number of benzene rings is 1. The summed E-state index contributed by atoms with van der Waals surface area (Å²) in [5.74, 6) is 0.976. The number of nitrogens with zero attached hydrogens (tertiary/aromatic N) is 3. The van der Waals surface area contributed by atoms with Crippen molar-refractivity contribution in [2.45, 2.75) is 12.5 Å². The Morgan fingerprint density at radius 2 is 2.04 bits per heavy atom. The maximum Gasteiger partial charge on any atom is 0.275 e. The molecule has 2 heterocycles. The van der Waals surface area contributed by atoms with Gasteiger partial charge >= 0.3 is 0 Å². The smallest absolute Gasteiger partial charge is 0.275 e. The minimum absolute atomic E-state index is 0.112. The van der Waals surface area contributed by atoms with Gasteiger partial charge in [0.1, 0.15) is 17.3 Å². The Bertz CT molecular complexity index is 899. The molecule has 3 rings (SSSR count). The van der Waals surface area contributed by atoms with Crippen molar-refractivity contribution in [2.75, 3.05) is 35.9 Å². The van der Waals surface area contributed by atoms with Crippen LogP contribution in [0.1, 0.15) is 16.9 Å². The van der Waals surface area contributed by atoms with Crippen LogP contribution in [0.25, 0.3) is 0 Å². The van der Waals surface area contributed by atoms with Gasteiger partial charge in [-0.25, -0.2) is 18.4 Å². The van der Waals surface area contributed by atoms with Crippen LogP contribution in [0.3, 0.4) is 0 Å². The summed E-state index contributed by atoms with van der Waals surface area (Å²) in [4.78, 5) is 22.5. The lowest BCUT2D eigenvalue weighted by Crippen LogP contribution is -2.33. The van der Waals surface area contributed by atoms with E-state index in [1.54, 1.807) is 30.1 Å². The Labute approximate surface area is 152 Å². The van der Waals surface area contributed by atoms with Gasteiger partial charge in [0.05, 0.1) is 36.7 Å². The molecule has 1 amide bonds. The Hall–Kier alpha value is -2.68. The number of carbonyl (C=O) groups excluding carboxylic acids is 1. The fraction of sp³-hybridized carbons (Fsp3) is 0.353. The van der Waals surface area contributed by atoms with Gasteiger partial charge in [-0.2, -0.15) is 0 Å². The molecule has 1 aromatic heterocycles. The Kier molecular flexibility index (Phi) is 5.08. The van der Waals surface area contributed by atoms with Crippen LogP contribution in [0.15, 0.2) is 36.7 Å². The second kappa shape index (κ2) is 7.28. The van der Waals surface area contributed by atoms with Gasteiger partial charge in [-0.05, 0) is 18.6 Å². The molecule has 0 radical (unpaired) electrons. The van der Waals surface area contributed by atoms with Gasteiger partial charge in [0.25, 0.3) is 5.91 Å². The lowest BCUT2D eigenvalue weighted by molar-refractivity contribution is 0.102. The molecule has 0 bridgehead atoms. The van der Waals surface area contributed by atoms with E-state index in [0.717, 1.165) is 0 Å². The molecule has 26 heavy (non-hydrogen) atoms. The number of nitrogens with one attached hydrogen (secondary N) is 1. The molecule has 138 valence electrons. The highest BCUT2D eigenvalue weighted by molar-refractivity contribution is 7.91. The standard InChI is InChI=1S/C17H20N4O4S/c1-21(12-7-8-26(23,24)11-12)16-10-18-14(9-19-16)17(22)20-13-5-3-4-6-15(13)25-2/h3-6,9-10,12H,7-8,11H2,1-2H3,(H,20,22). The third-order valence-corrected chi connectivity index (χ3v) is 6.09. The molecule has 9 heteroatoms. The third-order valence-electron chi connectivity index (χ3n) is 4.34. The molecule has 0 spiro atoms. The number of hydrogen-bond acceptors (Lipinski definition) is 7. The summed E-state index contributed by atoms with van der Waals surface area (Å²) in [5.41, 5.74) is 0.700. The quantitative estimate of drug-likeness (QED) is 0.841. The molecule has 0 saturated carbocycles. The van der Waals surface area contributed by atoms with Crippen molar-refractivity contribution in [3.8, 4) is 5.75 Å². The van der Waals surface area contributed by atoms with Crippen molar-refractivity contribution in [1.82, 2.24) is 9.97 Å². The fourth-order valence-electron chi connectivity index (χ4n) is 2.82. The van der Waals surface area contributed by atoms with Crippen LogP contribution in [0.5, 0.6) is 5.75 Å². The third kappa shape index (κ3) is 3.93.